The van der Waals surface area contributed by atoms with E-state index >= 15 is 0 Å². The van der Waals surface area contributed by atoms with E-state index in [9.17, 15) is 19.7 Å². The number of carbonyl (C=O) groups is 2. The Morgan fingerprint density at radius 3 is 2.61 bits per heavy atom. The highest BCUT2D eigenvalue weighted by molar-refractivity contribution is 5.78. The number of amides is 1. The van der Waals surface area contributed by atoms with Crippen LogP contribution in [0.15, 0.2) is 5.10 Å². The molecule has 1 saturated heterocycles. The van der Waals surface area contributed by atoms with Crippen molar-refractivity contribution in [1.82, 2.24) is 10.2 Å². The van der Waals surface area contributed by atoms with Gasteiger partial charge in [0.1, 0.15) is 10.7 Å². The van der Waals surface area contributed by atoms with Crippen molar-refractivity contribution >= 4 is 18.0 Å². The number of nitrogens with zero attached hydrogens (tertiary/aromatic N) is 3. The number of rotatable bonds is 10. The minimum absolute atomic E-state index is 0.229. The average molecular weight is 446 g/mol. The number of unbranched alkanes of at least 4 members (excludes halogenated alkanes) is 2. The summed E-state index contributed by atoms with van der Waals surface area (Å²) in [6, 6.07) is -0.483. The van der Waals surface area contributed by atoms with Crippen LogP contribution in [-0.4, -0.2) is 65.6 Å². The molecule has 2 unspecified atom stereocenters. The van der Waals surface area contributed by atoms with Gasteiger partial charge in [0.2, 0.25) is 0 Å². The number of esters is 1. The van der Waals surface area contributed by atoms with Crippen molar-refractivity contribution in [3.8, 4) is 0 Å². The van der Waals surface area contributed by atoms with Crippen LogP contribution in [0.25, 0.3) is 0 Å². The number of nitro groups is 1. The number of nitrogens with one attached hydrogen (secondary N) is 1. The van der Waals surface area contributed by atoms with E-state index in [0.29, 0.717) is 51.9 Å². The molecule has 178 valence electrons. The van der Waals surface area contributed by atoms with Crippen LogP contribution in [0.4, 0.5) is 4.79 Å². The highest BCUT2D eigenvalue weighted by Gasteiger charge is 2.36. The SMILES string of the molecule is CCOC(=O)CCCCCOC1C(NC(=O)OC(C)(C)C)CCCN1/C(N)=N/[N+](=O)[O-]. The molecule has 31 heavy (non-hydrogen) atoms. The third-order valence-electron chi connectivity index (χ3n) is 4.37. The van der Waals surface area contributed by atoms with E-state index in [2.05, 4.69) is 10.4 Å². The van der Waals surface area contributed by atoms with Crippen molar-refractivity contribution in [3.05, 3.63) is 10.1 Å². The number of nitrogens with two attached hydrogens (primary N) is 1. The molecular weight excluding hydrogens is 410 g/mol. The number of likely N-dealkylation sites (tertiary alicyclic amines) is 1. The molecule has 1 rings (SSSR count). The Kier molecular flexibility index (Phi) is 11.0. The molecule has 0 radical (unpaired) electrons. The highest BCUT2D eigenvalue weighted by Crippen LogP contribution is 2.20. The molecule has 1 fully saturated rings. The zero-order chi connectivity index (χ0) is 23.4. The van der Waals surface area contributed by atoms with Crippen molar-refractivity contribution in [2.75, 3.05) is 19.8 Å². The molecule has 0 aromatic heterocycles. The second-order valence-electron chi connectivity index (χ2n) is 8.16. The van der Waals surface area contributed by atoms with Crippen LogP contribution in [0.3, 0.4) is 0 Å². The third kappa shape index (κ3) is 10.8. The van der Waals surface area contributed by atoms with Gasteiger partial charge in [0.25, 0.3) is 5.96 Å². The Morgan fingerprint density at radius 1 is 1.29 bits per heavy atom. The summed E-state index contributed by atoms with van der Waals surface area (Å²) in [6.07, 6.45) is 2.31. The fourth-order valence-corrected chi connectivity index (χ4v) is 3.15. The second-order valence-corrected chi connectivity index (χ2v) is 8.16. The number of hydrogen-bond donors (Lipinski definition) is 2. The summed E-state index contributed by atoms with van der Waals surface area (Å²) in [4.78, 5) is 35.8. The van der Waals surface area contributed by atoms with Crippen LogP contribution in [-0.2, 0) is 19.0 Å². The maximum Gasteiger partial charge on any atom is 0.408 e. The van der Waals surface area contributed by atoms with Gasteiger partial charge in [-0.3, -0.25) is 4.79 Å². The van der Waals surface area contributed by atoms with Crippen LogP contribution in [0.2, 0.25) is 0 Å². The first kappa shape index (κ1) is 26.4. The summed E-state index contributed by atoms with van der Waals surface area (Å²) < 4.78 is 16.2. The van der Waals surface area contributed by atoms with Gasteiger partial charge in [-0.1, -0.05) is 6.42 Å². The molecule has 0 aromatic rings. The Hall–Kier alpha value is -2.63. The van der Waals surface area contributed by atoms with Crippen LogP contribution in [0.5, 0.6) is 0 Å². The standard InChI is InChI=1S/C19H35N5O7/c1-5-29-15(25)11-7-6-8-13-30-16-14(21-18(26)31-19(2,3)4)10-9-12-23(16)17(20)22-24(27)28/h14,16H,5-13H2,1-4H3,(H2,20,22)(H,21,26). The van der Waals surface area contributed by atoms with Crippen molar-refractivity contribution in [2.45, 2.75) is 84.1 Å². The molecule has 2 atom stereocenters. The van der Waals surface area contributed by atoms with Gasteiger partial charge in [0, 0.05) is 19.6 Å². The lowest BCUT2D eigenvalue weighted by Crippen LogP contribution is -2.60. The average Bonchev–Trinajstić information content (AvgIpc) is 2.63. The maximum absolute atomic E-state index is 12.2. The van der Waals surface area contributed by atoms with Gasteiger partial charge in [-0.2, -0.15) is 0 Å². The molecule has 0 aliphatic carbocycles. The van der Waals surface area contributed by atoms with Gasteiger partial charge >= 0.3 is 12.1 Å². The van der Waals surface area contributed by atoms with Crippen molar-refractivity contribution in [1.29, 1.82) is 0 Å². The van der Waals surface area contributed by atoms with Crippen LogP contribution < -0.4 is 11.1 Å². The normalized spacial score (nSPS) is 19.6. The molecule has 1 aliphatic heterocycles. The molecule has 1 aliphatic rings. The molecule has 1 heterocycles. The Bertz CT molecular complexity index is 636. The number of ether oxygens (including phenoxy) is 3. The summed E-state index contributed by atoms with van der Waals surface area (Å²) in [5.41, 5.74) is 5.14. The van der Waals surface area contributed by atoms with Crippen LogP contribution >= 0.6 is 0 Å². The van der Waals surface area contributed by atoms with E-state index < -0.39 is 29.0 Å². The molecule has 1 amide bonds. The largest absolute Gasteiger partial charge is 0.466 e. The van der Waals surface area contributed by atoms with E-state index in [1.165, 1.54) is 4.90 Å². The smallest absolute Gasteiger partial charge is 0.408 e. The van der Waals surface area contributed by atoms with E-state index in [1.807, 2.05) is 0 Å². The number of alkyl carbamates (subject to hydrolysis) is 1. The lowest BCUT2D eigenvalue weighted by Gasteiger charge is -2.41. The van der Waals surface area contributed by atoms with Crippen molar-refractivity contribution in [2.24, 2.45) is 10.8 Å². The minimum Gasteiger partial charge on any atom is -0.466 e. The van der Waals surface area contributed by atoms with Gasteiger partial charge in [0.15, 0.2) is 11.3 Å². The lowest BCUT2D eigenvalue weighted by molar-refractivity contribution is -0.486. The number of hydrogen-bond acceptors (Lipinski definition) is 7. The minimum atomic E-state index is -0.868. The lowest BCUT2D eigenvalue weighted by atomic mass is 10.0. The van der Waals surface area contributed by atoms with Crippen molar-refractivity contribution < 1.29 is 28.8 Å². The number of piperidine rings is 1. The monoisotopic (exact) mass is 445 g/mol. The summed E-state index contributed by atoms with van der Waals surface area (Å²) in [5.74, 6) is -0.514. The third-order valence-corrected chi connectivity index (χ3v) is 4.37. The fraction of sp³-hybridized carbons (Fsp3) is 0.842. The Labute approximate surface area is 182 Å². The zero-order valence-corrected chi connectivity index (χ0v) is 18.8. The molecular formula is C19H35N5O7. The first-order valence-corrected chi connectivity index (χ1v) is 10.6. The fourth-order valence-electron chi connectivity index (χ4n) is 3.15. The van der Waals surface area contributed by atoms with E-state index in [1.54, 1.807) is 27.7 Å². The van der Waals surface area contributed by atoms with E-state index in [-0.39, 0.29) is 11.9 Å². The number of guanidine groups is 1. The first-order valence-electron chi connectivity index (χ1n) is 10.6. The van der Waals surface area contributed by atoms with E-state index in [4.69, 9.17) is 19.9 Å². The highest BCUT2D eigenvalue weighted by atomic mass is 16.7. The van der Waals surface area contributed by atoms with Gasteiger partial charge < -0.3 is 30.2 Å². The predicted molar refractivity (Wildman–Crippen MR) is 113 cm³/mol. The van der Waals surface area contributed by atoms with Crippen LogP contribution in [0.1, 0.15) is 66.2 Å². The van der Waals surface area contributed by atoms with Gasteiger partial charge in [-0.15, -0.1) is 0 Å². The summed E-state index contributed by atoms with van der Waals surface area (Å²) >= 11 is 0. The first-order chi connectivity index (χ1) is 14.5. The van der Waals surface area contributed by atoms with E-state index in [0.717, 1.165) is 6.42 Å². The Balaban J connectivity index is 2.71. The Morgan fingerprint density at radius 2 is 2.00 bits per heavy atom. The molecule has 12 heteroatoms. The summed E-state index contributed by atoms with van der Waals surface area (Å²) in [6.45, 7) is 8.12. The topological polar surface area (TPSA) is 159 Å². The molecule has 0 saturated carbocycles. The zero-order valence-electron chi connectivity index (χ0n) is 18.8. The molecule has 0 spiro atoms. The second kappa shape index (κ2) is 12.9. The summed E-state index contributed by atoms with van der Waals surface area (Å²) in [5, 5.41) is 15.8. The van der Waals surface area contributed by atoms with Crippen molar-refractivity contribution in [3.63, 3.8) is 0 Å². The molecule has 3 N–H and O–H groups in total. The molecule has 0 aromatic carbocycles. The quantitative estimate of drug-likeness (QED) is 0.128. The predicted octanol–water partition coefficient (Wildman–Crippen LogP) is 1.95. The van der Waals surface area contributed by atoms with Gasteiger partial charge in [-0.05, 0) is 53.4 Å². The number of carbonyl (C=O) groups excluding carboxylic acids is 2. The molecule has 12 nitrogen and oxygen atoms in total. The van der Waals surface area contributed by atoms with Gasteiger partial charge in [0.05, 0.1) is 12.6 Å². The molecule has 0 bridgehead atoms. The summed E-state index contributed by atoms with van der Waals surface area (Å²) in [7, 11) is 0. The maximum atomic E-state index is 12.2. The van der Waals surface area contributed by atoms with Crippen LogP contribution in [0, 0.1) is 10.1 Å². The van der Waals surface area contributed by atoms with Gasteiger partial charge in [-0.25, -0.2) is 14.9 Å². The number of hydrazone groups is 1.